The largest absolute Gasteiger partial charge is 0.497 e. The van der Waals surface area contributed by atoms with Crippen LogP contribution in [0.5, 0.6) is 11.5 Å². The van der Waals surface area contributed by atoms with Crippen LogP contribution in [0.4, 0.5) is 5.95 Å². The first-order chi connectivity index (χ1) is 26.9. The van der Waals surface area contributed by atoms with Crippen molar-refractivity contribution in [2.24, 2.45) is 0 Å². The number of H-pyrrole nitrogens is 1. The van der Waals surface area contributed by atoms with Crippen LogP contribution in [0.3, 0.4) is 0 Å². The van der Waals surface area contributed by atoms with Crippen LogP contribution in [0, 0.1) is 0 Å². The fraction of sp³-hybridized carbons (Fsp3) is 0.205. The quantitative estimate of drug-likeness (QED) is 0.106. The number of rotatable bonds is 13. The van der Waals surface area contributed by atoms with Crippen LogP contribution in [0.15, 0.2) is 145 Å². The predicted octanol–water partition coefficient (Wildman–Crippen LogP) is 7.07. The Morgan fingerprint density at radius 3 is 2.00 bits per heavy atom. The second-order valence-corrected chi connectivity index (χ2v) is 13.4. The molecule has 0 radical (unpaired) electrons. The summed E-state index contributed by atoms with van der Waals surface area (Å²) in [4.78, 5) is 25.0. The van der Waals surface area contributed by atoms with E-state index in [1.807, 2.05) is 109 Å². The van der Waals surface area contributed by atoms with Gasteiger partial charge >= 0.3 is 0 Å². The Labute approximate surface area is 318 Å². The highest BCUT2D eigenvalue weighted by Crippen LogP contribution is 2.43. The van der Waals surface area contributed by atoms with Crippen molar-refractivity contribution < 1.29 is 24.1 Å². The van der Waals surface area contributed by atoms with Gasteiger partial charge in [-0.15, -0.1) is 0 Å². The number of aromatic amines is 1. The standard InChI is InChI=1S/C44H41N5O6/c1-52-35-21-17-33(18-22-35)44(32-11-7-4-8-12-32,34-19-23-36(53-2)24-20-34)54-27-38-37(50)25-39(55-38)49-28-46-40-41(49)47-43(48-42(40)51)45-26-29-13-15-31(16-14-29)30-9-5-3-6-10-30/h3-24,28,37-39,50H,25-27H2,1-2H3,(H2,45,47,48,51)/t37-,38+,39+/m0/s1. The summed E-state index contributed by atoms with van der Waals surface area (Å²) in [5, 5.41) is 14.7. The molecule has 278 valence electrons. The Bertz CT molecular complexity index is 2350. The molecule has 0 unspecified atom stereocenters. The molecule has 2 aromatic heterocycles. The maximum Gasteiger partial charge on any atom is 0.280 e. The molecule has 7 aromatic rings. The molecule has 3 N–H and O–H groups in total. The van der Waals surface area contributed by atoms with Gasteiger partial charge in [-0.2, -0.15) is 4.98 Å². The number of hydrogen-bond acceptors (Lipinski definition) is 9. The number of nitrogens with one attached hydrogen (secondary N) is 2. The van der Waals surface area contributed by atoms with Crippen LogP contribution < -0.4 is 20.3 Å². The minimum absolute atomic E-state index is 0.0428. The third-order valence-electron chi connectivity index (χ3n) is 10.1. The van der Waals surface area contributed by atoms with Gasteiger partial charge in [0.15, 0.2) is 11.2 Å². The van der Waals surface area contributed by atoms with E-state index in [9.17, 15) is 9.90 Å². The zero-order valence-corrected chi connectivity index (χ0v) is 30.5. The molecule has 0 amide bonds. The Morgan fingerprint density at radius 1 is 0.800 bits per heavy atom. The number of benzene rings is 5. The first-order valence-electron chi connectivity index (χ1n) is 18.1. The van der Waals surface area contributed by atoms with Crippen molar-refractivity contribution in [3.05, 3.63) is 172 Å². The molecule has 1 aliphatic rings. The smallest absolute Gasteiger partial charge is 0.280 e. The molecule has 1 saturated heterocycles. The molecule has 0 aliphatic carbocycles. The summed E-state index contributed by atoms with van der Waals surface area (Å²) in [5.74, 6) is 1.74. The maximum absolute atomic E-state index is 13.1. The highest BCUT2D eigenvalue weighted by molar-refractivity contribution is 5.71. The molecule has 8 rings (SSSR count). The van der Waals surface area contributed by atoms with E-state index in [1.54, 1.807) is 18.8 Å². The zero-order chi connectivity index (χ0) is 37.8. The first-order valence-corrected chi connectivity index (χ1v) is 18.1. The van der Waals surface area contributed by atoms with Gasteiger partial charge in [0.2, 0.25) is 5.95 Å². The van der Waals surface area contributed by atoms with Crippen molar-refractivity contribution in [2.45, 2.75) is 37.0 Å². The van der Waals surface area contributed by atoms with Crippen LogP contribution >= 0.6 is 0 Å². The third-order valence-corrected chi connectivity index (χ3v) is 10.1. The number of anilines is 1. The van der Waals surface area contributed by atoms with Crippen LogP contribution in [0.25, 0.3) is 22.3 Å². The third kappa shape index (κ3) is 7.20. The van der Waals surface area contributed by atoms with Crippen LogP contribution in [-0.2, 0) is 21.6 Å². The molecule has 5 aromatic carbocycles. The summed E-state index contributed by atoms with van der Waals surface area (Å²) >= 11 is 0. The number of nitrogens with zero attached hydrogens (tertiary/aromatic N) is 3. The molecule has 1 fully saturated rings. The summed E-state index contributed by atoms with van der Waals surface area (Å²) in [6, 6.07) is 43.9. The fourth-order valence-corrected chi connectivity index (χ4v) is 7.17. The molecule has 0 saturated carbocycles. The molecule has 3 heterocycles. The van der Waals surface area contributed by atoms with Crippen molar-refractivity contribution in [1.82, 2.24) is 19.5 Å². The van der Waals surface area contributed by atoms with E-state index in [0.717, 1.165) is 33.4 Å². The van der Waals surface area contributed by atoms with E-state index < -0.39 is 24.0 Å². The summed E-state index contributed by atoms with van der Waals surface area (Å²) in [6.45, 7) is 0.488. The van der Waals surface area contributed by atoms with Crippen LogP contribution in [-0.4, -0.2) is 57.7 Å². The van der Waals surface area contributed by atoms with Gasteiger partial charge in [-0.1, -0.05) is 109 Å². The first kappa shape index (κ1) is 35.7. The van der Waals surface area contributed by atoms with Gasteiger partial charge in [-0.3, -0.25) is 14.3 Å². The summed E-state index contributed by atoms with van der Waals surface area (Å²) in [5.41, 5.74) is 4.98. The van der Waals surface area contributed by atoms with Crippen molar-refractivity contribution in [1.29, 1.82) is 0 Å². The van der Waals surface area contributed by atoms with E-state index in [0.29, 0.717) is 29.6 Å². The topological polar surface area (TPSA) is 133 Å². The molecule has 11 nitrogen and oxygen atoms in total. The number of imidazole rings is 1. The van der Waals surface area contributed by atoms with Crippen LogP contribution in [0.1, 0.15) is 34.9 Å². The van der Waals surface area contributed by atoms with Gasteiger partial charge in [0, 0.05) is 13.0 Å². The minimum atomic E-state index is -1.08. The van der Waals surface area contributed by atoms with E-state index in [2.05, 4.69) is 39.6 Å². The number of aliphatic hydroxyl groups excluding tert-OH is 1. The number of fused-ring (bicyclic) bond motifs is 1. The maximum atomic E-state index is 13.1. The second kappa shape index (κ2) is 15.6. The molecular formula is C44H41N5O6. The normalized spacial score (nSPS) is 17.0. The lowest BCUT2D eigenvalue weighted by Gasteiger charge is -2.37. The van der Waals surface area contributed by atoms with E-state index in [-0.39, 0.29) is 24.1 Å². The Balaban J connectivity index is 1.04. The van der Waals surface area contributed by atoms with Crippen molar-refractivity contribution in [3.8, 4) is 22.6 Å². The van der Waals surface area contributed by atoms with E-state index in [4.69, 9.17) is 23.9 Å². The lowest BCUT2D eigenvalue weighted by molar-refractivity contribution is -0.0931. The Hall–Kier alpha value is -6.27. The number of methoxy groups -OCH3 is 2. The number of hydrogen-bond donors (Lipinski definition) is 3. The van der Waals surface area contributed by atoms with Crippen LogP contribution in [0.2, 0.25) is 0 Å². The van der Waals surface area contributed by atoms with Gasteiger partial charge in [0.05, 0.1) is 33.3 Å². The lowest BCUT2D eigenvalue weighted by Crippen LogP contribution is -2.38. The molecule has 0 spiro atoms. The SMILES string of the molecule is COc1ccc(C(OC[C@H]2O[C@@H](n3cnc4c(=O)[nH]c(NCc5ccc(-c6ccccc6)cc5)nc43)C[C@@H]2O)(c2ccccc2)c2ccc(OC)cc2)cc1. The van der Waals surface area contributed by atoms with Gasteiger partial charge in [0.1, 0.15) is 29.4 Å². The molecule has 55 heavy (non-hydrogen) atoms. The molecular weight excluding hydrogens is 695 g/mol. The second-order valence-electron chi connectivity index (χ2n) is 13.4. The minimum Gasteiger partial charge on any atom is -0.497 e. The summed E-state index contributed by atoms with van der Waals surface area (Å²) < 4.78 is 26.2. The predicted molar refractivity (Wildman–Crippen MR) is 210 cm³/mol. The lowest BCUT2D eigenvalue weighted by atomic mass is 9.80. The van der Waals surface area contributed by atoms with Gasteiger partial charge < -0.3 is 29.4 Å². The zero-order valence-electron chi connectivity index (χ0n) is 30.5. The Kier molecular flexibility index (Phi) is 10.1. The Morgan fingerprint density at radius 2 is 1.38 bits per heavy atom. The van der Waals surface area contributed by atoms with Gasteiger partial charge in [-0.05, 0) is 57.6 Å². The number of aliphatic hydroxyl groups is 1. The molecule has 0 bridgehead atoms. The molecule has 1 aliphatic heterocycles. The summed E-state index contributed by atoms with van der Waals surface area (Å²) in [6.07, 6.45) is -0.452. The van der Waals surface area contributed by atoms with E-state index >= 15 is 0 Å². The fourth-order valence-electron chi connectivity index (χ4n) is 7.17. The van der Waals surface area contributed by atoms with Crippen molar-refractivity contribution in [3.63, 3.8) is 0 Å². The van der Waals surface area contributed by atoms with Gasteiger partial charge in [0.25, 0.3) is 5.56 Å². The van der Waals surface area contributed by atoms with E-state index in [1.165, 1.54) is 6.33 Å². The monoisotopic (exact) mass is 735 g/mol. The highest BCUT2D eigenvalue weighted by Gasteiger charge is 2.42. The van der Waals surface area contributed by atoms with Gasteiger partial charge in [-0.25, -0.2) is 4.98 Å². The molecule has 3 atom stereocenters. The number of ether oxygens (including phenoxy) is 4. The average molecular weight is 736 g/mol. The summed E-state index contributed by atoms with van der Waals surface area (Å²) in [7, 11) is 3.26. The molecule has 11 heteroatoms. The average Bonchev–Trinajstić information content (AvgIpc) is 3.84. The van der Waals surface area contributed by atoms with Crippen molar-refractivity contribution in [2.75, 3.05) is 26.1 Å². The van der Waals surface area contributed by atoms with Crippen molar-refractivity contribution >= 4 is 17.1 Å². The number of aromatic nitrogens is 4. The highest BCUT2D eigenvalue weighted by atomic mass is 16.6.